The second kappa shape index (κ2) is 11.7. The molecule has 0 saturated carbocycles. The molecule has 0 spiro atoms. The number of allylic oxidation sites excluding steroid dienone is 2. The van der Waals surface area contributed by atoms with Crippen LogP contribution in [0.5, 0.6) is 0 Å². The van der Waals surface area contributed by atoms with Gasteiger partial charge in [0.1, 0.15) is 16.8 Å². The second-order valence-corrected chi connectivity index (χ2v) is 14.1. The van der Waals surface area contributed by atoms with E-state index in [9.17, 15) is 0 Å². The van der Waals surface area contributed by atoms with E-state index in [0.717, 1.165) is 66.7 Å². The fraction of sp³-hybridized carbons (Fsp3) is 0.0200. The molecule has 0 atom stereocenters. The Bertz CT molecular complexity index is 3360. The zero-order valence-electron chi connectivity index (χ0n) is 29.6. The molecule has 0 aliphatic rings. The van der Waals surface area contributed by atoms with Crippen molar-refractivity contribution >= 4 is 88.1 Å². The molecule has 11 aromatic rings. The molecule has 0 aliphatic carbocycles. The van der Waals surface area contributed by atoms with Crippen molar-refractivity contribution in [1.82, 2.24) is 14.1 Å². The molecule has 7 aromatic carbocycles. The Hall–Kier alpha value is -7.17. The lowest BCUT2D eigenvalue weighted by Gasteiger charge is -2.13. The van der Waals surface area contributed by atoms with Crippen LogP contribution in [0.2, 0.25) is 0 Å². The van der Waals surface area contributed by atoms with E-state index in [1.807, 2.05) is 24.3 Å². The largest absolute Gasteiger partial charge is 0.452 e. The Labute approximate surface area is 311 Å². The van der Waals surface area contributed by atoms with Crippen molar-refractivity contribution in [3.63, 3.8) is 0 Å². The third-order valence-corrected chi connectivity index (χ3v) is 11.1. The first kappa shape index (κ1) is 30.5. The molecule has 4 aromatic heterocycles. The molecule has 0 amide bonds. The van der Waals surface area contributed by atoms with Crippen LogP contribution in [-0.2, 0) is 0 Å². The summed E-state index contributed by atoms with van der Waals surface area (Å²) in [5, 5.41) is 8.16. The number of rotatable bonds is 5. The summed E-state index contributed by atoms with van der Waals surface area (Å²) in [5.41, 5.74) is 13.3. The molecule has 4 heterocycles. The molecule has 4 heteroatoms. The highest BCUT2D eigenvalue weighted by Gasteiger charge is 2.23. The van der Waals surface area contributed by atoms with Gasteiger partial charge in [-0.15, -0.1) is 0 Å². The van der Waals surface area contributed by atoms with Crippen LogP contribution in [0.3, 0.4) is 0 Å². The summed E-state index contributed by atoms with van der Waals surface area (Å²) in [4.78, 5) is 5.13. The molecular formula is C50H33N3O. The van der Waals surface area contributed by atoms with Crippen LogP contribution in [0.25, 0.3) is 99.5 Å². The summed E-state index contributed by atoms with van der Waals surface area (Å²) in [6.45, 7) is 6.84. The van der Waals surface area contributed by atoms with Crippen LogP contribution in [-0.4, -0.2) is 14.1 Å². The smallest absolute Gasteiger partial charge is 0.178 e. The summed E-state index contributed by atoms with van der Waals surface area (Å²) in [6.07, 6.45) is 4.38. The molecule has 54 heavy (non-hydrogen) atoms. The zero-order chi connectivity index (χ0) is 35.9. The molecule has 0 N–H and O–H groups in total. The van der Waals surface area contributed by atoms with Gasteiger partial charge in [0.15, 0.2) is 5.58 Å². The Morgan fingerprint density at radius 3 is 2.17 bits per heavy atom. The van der Waals surface area contributed by atoms with Crippen LogP contribution < -0.4 is 0 Å². The van der Waals surface area contributed by atoms with Gasteiger partial charge < -0.3 is 13.6 Å². The Morgan fingerprint density at radius 1 is 0.611 bits per heavy atom. The number of aryl methyl sites for hydroxylation is 1. The Morgan fingerprint density at radius 2 is 1.30 bits per heavy atom. The van der Waals surface area contributed by atoms with E-state index < -0.39 is 0 Å². The summed E-state index contributed by atoms with van der Waals surface area (Å²) >= 11 is 0. The second-order valence-electron chi connectivity index (χ2n) is 14.1. The highest BCUT2D eigenvalue weighted by molar-refractivity contribution is 6.22. The van der Waals surface area contributed by atoms with Crippen LogP contribution in [0.4, 0.5) is 0 Å². The maximum absolute atomic E-state index is 6.67. The zero-order valence-corrected chi connectivity index (χ0v) is 29.6. The van der Waals surface area contributed by atoms with Crippen LogP contribution in [0.15, 0.2) is 175 Å². The maximum Gasteiger partial charge on any atom is 0.178 e. The van der Waals surface area contributed by atoms with Gasteiger partial charge in [0.25, 0.3) is 0 Å². The molecule has 0 unspecified atom stereocenters. The van der Waals surface area contributed by atoms with E-state index >= 15 is 0 Å². The van der Waals surface area contributed by atoms with Crippen LogP contribution >= 0.6 is 0 Å². The number of benzene rings is 7. The summed E-state index contributed by atoms with van der Waals surface area (Å²) < 4.78 is 11.4. The number of pyridine rings is 1. The van der Waals surface area contributed by atoms with Crippen molar-refractivity contribution in [1.29, 1.82) is 0 Å². The van der Waals surface area contributed by atoms with Gasteiger partial charge in [-0.25, -0.2) is 4.98 Å². The average Bonchev–Trinajstić information content (AvgIpc) is 3.86. The van der Waals surface area contributed by atoms with E-state index in [4.69, 9.17) is 9.40 Å². The van der Waals surface area contributed by atoms with Gasteiger partial charge in [-0.05, 0) is 95.1 Å². The molecule has 4 nitrogen and oxygen atoms in total. The predicted molar refractivity (Wildman–Crippen MR) is 227 cm³/mol. The molecule has 0 bridgehead atoms. The minimum Gasteiger partial charge on any atom is -0.452 e. The minimum atomic E-state index is 0.775. The monoisotopic (exact) mass is 691 g/mol. The lowest BCUT2D eigenvalue weighted by molar-refractivity contribution is 0.666. The first-order valence-electron chi connectivity index (χ1n) is 18.3. The molecule has 254 valence electrons. The van der Waals surface area contributed by atoms with Gasteiger partial charge in [-0.1, -0.05) is 116 Å². The number of furan rings is 1. The highest BCUT2D eigenvalue weighted by atomic mass is 16.3. The van der Waals surface area contributed by atoms with Gasteiger partial charge in [0.2, 0.25) is 0 Å². The third-order valence-electron chi connectivity index (χ3n) is 11.1. The van der Waals surface area contributed by atoms with E-state index in [2.05, 4.69) is 168 Å². The van der Waals surface area contributed by atoms with Gasteiger partial charge in [-0.3, -0.25) is 0 Å². The standard InChI is InChI=1S/C50H33N3O/c1-31(34-26-28-44-40(30-34)47-37-18-7-6-14-33(37)25-29-45(47)52(44)35-15-4-3-5-16-35)24-27-42-32(2)36-17-9-12-22-43(36)53(42)49-38-19-8-11-21-41(38)51-48-39-20-10-13-23-46(39)54-50(48)49/h3-30H,1H2,2H3/b27-24-. The third kappa shape index (κ3) is 4.40. The molecule has 0 radical (unpaired) electrons. The van der Waals surface area contributed by atoms with Crippen molar-refractivity contribution in [3.8, 4) is 11.4 Å². The Kier molecular flexibility index (Phi) is 6.58. The highest BCUT2D eigenvalue weighted by Crippen LogP contribution is 2.41. The molecule has 0 fully saturated rings. The van der Waals surface area contributed by atoms with E-state index in [1.165, 1.54) is 43.5 Å². The van der Waals surface area contributed by atoms with Crippen LogP contribution in [0.1, 0.15) is 16.8 Å². The van der Waals surface area contributed by atoms with Crippen molar-refractivity contribution in [2.75, 3.05) is 0 Å². The minimum absolute atomic E-state index is 0.775. The van der Waals surface area contributed by atoms with Gasteiger partial charge in [0, 0.05) is 38.3 Å². The number of hydrogen-bond acceptors (Lipinski definition) is 2. The molecule has 11 rings (SSSR count). The SMILES string of the molecule is C=C(/C=C\c1c(C)c2ccccc2n1-c1c2ccccc2nc2c1oc1ccccc12)c1ccc2c(c1)c1c3ccccc3ccc1n2-c1ccccc1. The van der Waals surface area contributed by atoms with Crippen molar-refractivity contribution in [2.24, 2.45) is 0 Å². The lowest BCUT2D eigenvalue weighted by atomic mass is 10.00. The predicted octanol–water partition coefficient (Wildman–Crippen LogP) is 13.4. The van der Waals surface area contributed by atoms with E-state index in [0.29, 0.717) is 0 Å². The number of fused-ring (bicyclic) bond motifs is 10. The number of hydrogen-bond donors (Lipinski definition) is 0. The topological polar surface area (TPSA) is 35.9 Å². The summed E-state index contributed by atoms with van der Waals surface area (Å²) in [7, 11) is 0. The summed E-state index contributed by atoms with van der Waals surface area (Å²) in [5.74, 6) is 0. The van der Waals surface area contributed by atoms with E-state index in [1.54, 1.807) is 0 Å². The number of aromatic nitrogens is 3. The number of nitrogens with zero attached hydrogens (tertiary/aromatic N) is 3. The quantitative estimate of drug-likeness (QED) is 0.168. The van der Waals surface area contributed by atoms with Crippen molar-refractivity contribution < 1.29 is 4.42 Å². The first-order chi connectivity index (χ1) is 26.6. The first-order valence-corrected chi connectivity index (χ1v) is 18.3. The van der Waals surface area contributed by atoms with Gasteiger partial charge in [-0.2, -0.15) is 0 Å². The molecule has 0 aliphatic heterocycles. The van der Waals surface area contributed by atoms with Gasteiger partial charge >= 0.3 is 0 Å². The van der Waals surface area contributed by atoms with Gasteiger partial charge in [0.05, 0.1) is 22.1 Å². The Balaban J connectivity index is 1.12. The fourth-order valence-corrected chi connectivity index (χ4v) is 8.52. The number of para-hydroxylation sites is 4. The average molecular weight is 692 g/mol. The molecule has 0 saturated heterocycles. The summed E-state index contributed by atoms with van der Waals surface area (Å²) in [6, 6.07) is 55.7. The van der Waals surface area contributed by atoms with E-state index in [-0.39, 0.29) is 0 Å². The van der Waals surface area contributed by atoms with Crippen LogP contribution in [0, 0.1) is 6.92 Å². The van der Waals surface area contributed by atoms with Crippen molar-refractivity contribution in [2.45, 2.75) is 6.92 Å². The maximum atomic E-state index is 6.67. The molecular weight excluding hydrogens is 659 g/mol. The fourth-order valence-electron chi connectivity index (χ4n) is 8.52. The lowest BCUT2D eigenvalue weighted by Crippen LogP contribution is -2.00. The normalized spacial score (nSPS) is 12.2. The van der Waals surface area contributed by atoms with Crippen molar-refractivity contribution in [3.05, 3.63) is 187 Å².